The zero-order valence-electron chi connectivity index (χ0n) is 15.7. The van der Waals surface area contributed by atoms with Crippen LogP contribution in [0.4, 0.5) is 5.69 Å². The summed E-state index contributed by atoms with van der Waals surface area (Å²) in [5, 5.41) is 7.92. The average molecular weight is 482 g/mol. The average Bonchev–Trinajstić information content (AvgIpc) is 3.24. The molecule has 3 heterocycles. The Labute approximate surface area is 176 Å². The van der Waals surface area contributed by atoms with E-state index in [1.807, 2.05) is 11.6 Å². The van der Waals surface area contributed by atoms with Gasteiger partial charge in [-0.1, -0.05) is 18.2 Å². The van der Waals surface area contributed by atoms with Crippen LogP contribution in [0.25, 0.3) is 0 Å². The number of nitrogens with zero attached hydrogens (tertiary/aromatic N) is 5. The number of nitrogens with one attached hydrogen (secondary N) is 1. The van der Waals surface area contributed by atoms with Gasteiger partial charge in [-0.25, -0.2) is 9.48 Å². The van der Waals surface area contributed by atoms with Gasteiger partial charge in [-0.2, -0.15) is 5.10 Å². The quantitative estimate of drug-likeness (QED) is 0.314. The highest BCUT2D eigenvalue weighted by molar-refractivity contribution is 14.0. The molecule has 0 aliphatic carbocycles. The van der Waals surface area contributed by atoms with Crippen molar-refractivity contribution < 1.29 is 0 Å². The fourth-order valence-corrected chi connectivity index (χ4v) is 3.88. The number of fused-ring (bicyclic) bond motifs is 2. The van der Waals surface area contributed by atoms with E-state index in [4.69, 9.17) is 0 Å². The van der Waals surface area contributed by atoms with Crippen molar-refractivity contribution in [3.05, 3.63) is 46.1 Å². The minimum absolute atomic E-state index is 0. The summed E-state index contributed by atoms with van der Waals surface area (Å²) in [5.41, 5.74) is 2.64. The molecule has 27 heavy (non-hydrogen) atoms. The number of rotatable bonds is 4. The topological polar surface area (TPSA) is 67.5 Å². The smallest absolute Gasteiger partial charge is 0.345 e. The first-order valence-corrected chi connectivity index (χ1v) is 9.50. The second-order valence-electron chi connectivity index (χ2n) is 6.89. The normalized spacial score (nSPS) is 15.9. The number of guanidine groups is 1. The summed E-state index contributed by atoms with van der Waals surface area (Å²) in [6, 6.07) is 8.47. The zero-order valence-corrected chi connectivity index (χ0v) is 18.1. The van der Waals surface area contributed by atoms with Crippen molar-refractivity contribution in [2.75, 3.05) is 25.0 Å². The van der Waals surface area contributed by atoms with E-state index in [-0.39, 0.29) is 29.7 Å². The Morgan fingerprint density at radius 1 is 1.22 bits per heavy atom. The van der Waals surface area contributed by atoms with Crippen LogP contribution in [0.5, 0.6) is 0 Å². The number of anilines is 1. The van der Waals surface area contributed by atoms with Crippen molar-refractivity contribution in [2.24, 2.45) is 4.99 Å². The molecule has 0 fully saturated rings. The van der Waals surface area contributed by atoms with Crippen LogP contribution in [-0.2, 0) is 25.9 Å². The largest absolute Gasteiger partial charge is 0.356 e. The Balaban J connectivity index is 0.00000210. The highest BCUT2D eigenvalue weighted by Crippen LogP contribution is 2.27. The molecule has 0 saturated heterocycles. The molecular formula is C19H27IN6O. The number of hydrogen-bond donors (Lipinski definition) is 1. The van der Waals surface area contributed by atoms with Crippen molar-refractivity contribution >= 4 is 35.6 Å². The lowest BCUT2D eigenvalue weighted by Crippen LogP contribution is -2.41. The Morgan fingerprint density at radius 3 is 2.89 bits per heavy atom. The molecule has 7 nitrogen and oxygen atoms in total. The van der Waals surface area contributed by atoms with Crippen LogP contribution in [0.2, 0.25) is 0 Å². The summed E-state index contributed by atoms with van der Waals surface area (Å²) in [5.74, 6) is 1.84. The molecule has 0 atom stereocenters. The third-order valence-electron chi connectivity index (χ3n) is 5.22. The number of benzene rings is 1. The molecule has 1 aromatic heterocycles. The molecule has 4 rings (SSSR count). The van der Waals surface area contributed by atoms with Gasteiger partial charge in [-0.15, -0.1) is 24.0 Å². The lowest BCUT2D eigenvalue weighted by atomic mass is 10.2. The Bertz CT molecular complexity index is 871. The molecule has 8 heteroatoms. The molecule has 2 aliphatic heterocycles. The SMILES string of the molecule is CN=C(NCCCn1nc2n(c1=O)CCCC2)N1CCc2ccccc21.I. The lowest BCUT2D eigenvalue weighted by molar-refractivity contribution is 0.509. The molecule has 2 aliphatic rings. The summed E-state index contributed by atoms with van der Waals surface area (Å²) in [6.45, 7) is 3.17. The van der Waals surface area contributed by atoms with E-state index in [9.17, 15) is 4.79 Å². The van der Waals surface area contributed by atoms with Crippen molar-refractivity contribution in [3.8, 4) is 0 Å². The highest BCUT2D eigenvalue weighted by atomic mass is 127. The Morgan fingerprint density at radius 2 is 2.07 bits per heavy atom. The Kier molecular flexibility index (Phi) is 6.56. The van der Waals surface area contributed by atoms with Gasteiger partial charge in [-0.05, 0) is 37.3 Å². The number of halogens is 1. The van der Waals surface area contributed by atoms with Crippen LogP contribution >= 0.6 is 24.0 Å². The maximum atomic E-state index is 12.4. The highest BCUT2D eigenvalue weighted by Gasteiger charge is 2.22. The molecule has 0 saturated carbocycles. The number of hydrogen-bond acceptors (Lipinski definition) is 3. The van der Waals surface area contributed by atoms with Crippen molar-refractivity contribution in [2.45, 2.75) is 45.2 Å². The van der Waals surface area contributed by atoms with Gasteiger partial charge in [0.15, 0.2) is 5.96 Å². The van der Waals surface area contributed by atoms with Crippen LogP contribution in [-0.4, -0.2) is 40.4 Å². The predicted molar refractivity (Wildman–Crippen MR) is 118 cm³/mol. The molecule has 2 aromatic rings. The second kappa shape index (κ2) is 8.90. The Hall–Kier alpha value is -1.84. The third kappa shape index (κ3) is 4.04. The first-order valence-electron chi connectivity index (χ1n) is 9.50. The maximum Gasteiger partial charge on any atom is 0.345 e. The van der Waals surface area contributed by atoms with E-state index in [0.717, 1.165) is 63.5 Å². The van der Waals surface area contributed by atoms with E-state index >= 15 is 0 Å². The fraction of sp³-hybridized carbons (Fsp3) is 0.526. The van der Waals surface area contributed by atoms with Gasteiger partial charge in [-0.3, -0.25) is 9.56 Å². The predicted octanol–water partition coefficient (Wildman–Crippen LogP) is 2.03. The zero-order chi connectivity index (χ0) is 17.9. The van der Waals surface area contributed by atoms with E-state index in [1.54, 1.807) is 4.68 Å². The van der Waals surface area contributed by atoms with E-state index in [0.29, 0.717) is 6.54 Å². The van der Waals surface area contributed by atoms with Gasteiger partial charge in [0.1, 0.15) is 5.82 Å². The summed E-state index contributed by atoms with van der Waals surface area (Å²) in [7, 11) is 1.82. The van der Waals surface area contributed by atoms with E-state index < -0.39 is 0 Å². The van der Waals surface area contributed by atoms with Gasteiger partial charge in [0.25, 0.3) is 0 Å². The molecular weight excluding hydrogens is 455 g/mol. The number of aromatic nitrogens is 3. The first-order chi connectivity index (χ1) is 12.8. The van der Waals surface area contributed by atoms with Gasteiger partial charge >= 0.3 is 5.69 Å². The molecule has 1 aromatic carbocycles. The number of aryl methyl sites for hydroxylation is 2. The fourth-order valence-electron chi connectivity index (χ4n) is 3.88. The first kappa shape index (κ1) is 19.9. The minimum Gasteiger partial charge on any atom is -0.356 e. The lowest BCUT2D eigenvalue weighted by Gasteiger charge is -2.22. The van der Waals surface area contributed by atoms with E-state index in [1.165, 1.54) is 11.3 Å². The van der Waals surface area contributed by atoms with Crippen LogP contribution in [0.15, 0.2) is 34.1 Å². The molecule has 0 spiro atoms. The monoisotopic (exact) mass is 482 g/mol. The van der Waals surface area contributed by atoms with Gasteiger partial charge in [0.2, 0.25) is 0 Å². The molecule has 0 unspecified atom stereocenters. The second-order valence-corrected chi connectivity index (χ2v) is 6.89. The maximum absolute atomic E-state index is 12.4. The van der Waals surface area contributed by atoms with Crippen LogP contribution < -0.4 is 15.9 Å². The van der Waals surface area contributed by atoms with E-state index in [2.05, 4.69) is 44.6 Å². The van der Waals surface area contributed by atoms with Crippen LogP contribution in [0.1, 0.15) is 30.7 Å². The molecule has 0 radical (unpaired) electrons. The number of aliphatic imine (C=N–C) groups is 1. The summed E-state index contributed by atoms with van der Waals surface area (Å²) in [4.78, 5) is 19.0. The van der Waals surface area contributed by atoms with Crippen LogP contribution in [0, 0.1) is 0 Å². The van der Waals surface area contributed by atoms with Crippen molar-refractivity contribution in [1.29, 1.82) is 0 Å². The summed E-state index contributed by atoms with van der Waals surface area (Å²) < 4.78 is 3.45. The van der Waals surface area contributed by atoms with Crippen molar-refractivity contribution in [3.63, 3.8) is 0 Å². The summed E-state index contributed by atoms with van der Waals surface area (Å²) >= 11 is 0. The number of para-hydroxylation sites is 1. The molecule has 0 amide bonds. The summed E-state index contributed by atoms with van der Waals surface area (Å²) in [6.07, 6.45) is 5.01. The molecule has 0 bridgehead atoms. The minimum atomic E-state index is 0. The molecule has 1 N–H and O–H groups in total. The van der Waals surface area contributed by atoms with Gasteiger partial charge in [0, 0.05) is 45.3 Å². The van der Waals surface area contributed by atoms with Crippen LogP contribution in [0.3, 0.4) is 0 Å². The van der Waals surface area contributed by atoms with Crippen molar-refractivity contribution in [1.82, 2.24) is 19.7 Å². The van der Waals surface area contributed by atoms with Gasteiger partial charge < -0.3 is 10.2 Å². The standard InChI is InChI=1S/C19H26N6O.HI/c1-20-18(23-14-10-15-7-2-3-8-16(15)23)21-11-6-13-25-19(26)24-12-5-4-9-17(24)22-25;/h2-3,7-8H,4-6,9-14H2,1H3,(H,20,21);1H. The third-order valence-corrected chi connectivity index (χ3v) is 5.22. The molecule has 146 valence electrons. The van der Waals surface area contributed by atoms with Gasteiger partial charge in [0.05, 0.1) is 0 Å².